The predicted octanol–water partition coefficient (Wildman–Crippen LogP) is 1.65. The van der Waals surface area contributed by atoms with Crippen LogP contribution >= 0.6 is 0 Å². The van der Waals surface area contributed by atoms with E-state index in [4.69, 9.17) is 4.74 Å². The van der Waals surface area contributed by atoms with Crippen LogP contribution in [0.4, 0.5) is 0 Å². The van der Waals surface area contributed by atoms with E-state index in [0.717, 1.165) is 5.56 Å². The lowest BCUT2D eigenvalue weighted by molar-refractivity contribution is 0.0730. The molecule has 8 heteroatoms. The smallest absolute Gasteiger partial charge is 0.255 e. The third kappa shape index (κ3) is 4.29. The number of ether oxygens (including phenoxy) is 1. The Morgan fingerprint density at radius 1 is 1.19 bits per heavy atom. The lowest BCUT2D eigenvalue weighted by Gasteiger charge is -2.27. The Morgan fingerprint density at radius 3 is 2.63 bits per heavy atom. The van der Waals surface area contributed by atoms with E-state index in [0.29, 0.717) is 31.9 Å². The first kappa shape index (κ1) is 19.3. The van der Waals surface area contributed by atoms with Crippen LogP contribution < -0.4 is 5.32 Å². The van der Waals surface area contributed by atoms with Crippen molar-refractivity contribution in [2.75, 3.05) is 26.3 Å². The molecule has 0 saturated carbocycles. The Kier molecular flexibility index (Phi) is 5.79. The summed E-state index contributed by atoms with van der Waals surface area (Å²) in [5.74, 6) is -0.581. The van der Waals surface area contributed by atoms with Crippen LogP contribution in [0.2, 0.25) is 0 Å². The molecule has 0 bridgehead atoms. The van der Waals surface area contributed by atoms with Crippen LogP contribution in [0.3, 0.4) is 0 Å². The molecule has 1 aliphatic heterocycles. The number of nitrogens with zero attached hydrogens (tertiary/aromatic N) is 1. The minimum atomic E-state index is -3.67. The van der Waals surface area contributed by atoms with Crippen LogP contribution in [0.25, 0.3) is 0 Å². The van der Waals surface area contributed by atoms with Crippen molar-refractivity contribution >= 4 is 15.9 Å². The largest absolute Gasteiger partial charge is 0.507 e. The number of morpholine rings is 1. The highest BCUT2D eigenvalue weighted by Crippen LogP contribution is 2.22. The summed E-state index contributed by atoms with van der Waals surface area (Å²) in [5.41, 5.74) is 1.49. The van der Waals surface area contributed by atoms with Crippen molar-refractivity contribution in [2.24, 2.45) is 0 Å². The summed E-state index contributed by atoms with van der Waals surface area (Å²) in [7, 11) is -3.67. The van der Waals surface area contributed by atoms with Gasteiger partial charge in [-0.3, -0.25) is 4.79 Å². The van der Waals surface area contributed by atoms with Gasteiger partial charge in [-0.25, -0.2) is 8.42 Å². The quantitative estimate of drug-likeness (QED) is 0.809. The number of aromatic hydroxyl groups is 1. The second-order valence-corrected chi connectivity index (χ2v) is 8.23. The van der Waals surface area contributed by atoms with Crippen LogP contribution in [0.15, 0.2) is 47.4 Å². The highest BCUT2D eigenvalue weighted by atomic mass is 32.2. The van der Waals surface area contributed by atoms with E-state index >= 15 is 0 Å². The molecule has 0 radical (unpaired) electrons. The molecule has 144 valence electrons. The van der Waals surface area contributed by atoms with Gasteiger partial charge in [-0.05, 0) is 30.7 Å². The first-order valence-electron chi connectivity index (χ1n) is 8.63. The SMILES string of the molecule is Cc1ccc(O)c(C(=O)NCc2ccccc2S(=O)(=O)N2CCOCC2)c1. The molecule has 3 rings (SSSR count). The van der Waals surface area contributed by atoms with Gasteiger partial charge < -0.3 is 15.2 Å². The summed E-state index contributed by atoms with van der Waals surface area (Å²) < 4.78 is 32.5. The van der Waals surface area contributed by atoms with E-state index in [2.05, 4.69) is 5.32 Å². The molecule has 0 aromatic heterocycles. The van der Waals surface area contributed by atoms with Gasteiger partial charge in [0.1, 0.15) is 5.75 Å². The van der Waals surface area contributed by atoms with Crippen LogP contribution in [0, 0.1) is 6.92 Å². The minimum Gasteiger partial charge on any atom is -0.507 e. The Morgan fingerprint density at radius 2 is 1.89 bits per heavy atom. The molecule has 1 amide bonds. The number of amides is 1. The lowest BCUT2D eigenvalue weighted by atomic mass is 10.1. The van der Waals surface area contributed by atoms with Gasteiger partial charge in [0.05, 0.1) is 23.7 Å². The third-order valence-corrected chi connectivity index (χ3v) is 6.40. The Bertz CT molecular complexity index is 937. The fourth-order valence-corrected chi connectivity index (χ4v) is 4.56. The fourth-order valence-electron chi connectivity index (χ4n) is 2.93. The maximum atomic E-state index is 12.9. The van der Waals surface area contributed by atoms with Crippen molar-refractivity contribution in [2.45, 2.75) is 18.4 Å². The molecular formula is C19H22N2O5S. The summed E-state index contributed by atoms with van der Waals surface area (Å²) in [5, 5.41) is 12.6. The van der Waals surface area contributed by atoms with Gasteiger partial charge in [0, 0.05) is 19.6 Å². The number of sulfonamides is 1. The zero-order valence-electron chi connectivity index (χ0n) is 15.0. The van der Waals surface area contributed by atoms with Crippen molar-refractivity contribution < 1.29 is 23.1 Å². The molecule has 1 heterocycles. The Hall–Kier alpha value is -2.42. The van der Waals surface area contributed by atoms with E-state index in [1.165, 1.54) is 16.4 Å². The summed E-state index contributed by atoms with van der Waals surface area (Å²) in [4.78, 5) is 12.6. The topological polar surface area (TPSA) is 95.9 Å². The molecule has 2 N–H and O–H groups in total. The minimum absolute atomic E-state index is 0.0337. The molecule has 2 aromatic carbocycles. The number of nitrogens with one attached hydrogen (secondary N) is 1. The zero-order valence-corrected chi connectivity index (χ0v) is 15.8. The van der Waals surface area contributed by atoms with Gasteiger partial charge in [-0.2, -0.15) is 4.31 Å². The summed E-state index contributed by atoms with van der Waals surface area (Å²) in [6.45, 7) is 3.20. The lowest BCUT2D eigenvalue weighted by Crippen LogP contribution is -2.41. The molecule has 0 atom stereocenters. The monoisotopic (exact) mass is 390 g/mol. The van der Waals surface area contributed by atoms with Gasteiger partial charge in [-0.1, -0.05) is 29.8 Å². The Balaban J connectivity index is 1.80. The molecule has 0 spiro atoms. The number of phenols is 1. The van der Waals surface area contributed by atoms with Gasteiger partial charge in [-0.15, -0.1) is 0 Å². The van der Waals surface area contributed by atoms with E-state index in [1.807, 2.05) is 6.92 Å². The number of hydrogen-bond acceptors (Lipinski definition) is 5. The molecular weight excluding hydrogens is 368 g/mol. The van der Waals surface area contributed by atoms with E-state index in [-0.39, 0.29) is 22.8 Å². The summed E-state index contributed by atoms with van der Waals surface area (Å²) in [6.07, 6.45) is 0. The third-order valence-electron chi connectivity index (χ3n) is 4.40. The first-order valence-corrected chi connectivity index (χ1v) is 10.1. The molecule has 1 fully saturated rings. The number of benzene rings is 2. The van der Waals surface area contributed by atoms with E-state index < -0.39 is 15.9 Å². The second kappa shape index (κ2) is 8.08. The standard InChI is InChI=1S/C19H22N2O5S/c1-14-6-7-17(22)16(12-14)19(23)20-13-15-4-2-3-5-18(15)27(24,25)21-8-10-26-11-9-21/h2-7,12,22H,8-11,13H2,1H3,(H,20,23). The number of carbonyl (C=O) groups is 1. The highest BCUT2D eigenvalue weighted by Gasteiger charge is 2.28. The van der Waals surface area contributed by atoms with Gasteiger partial charge >= 0.3 is 0 Å². The number of phenolic OH excluding ortho intramolecular Hbond substituents is 1. The van der Waals surface area contributed by atoms with Gasteiger partial charge in [0.25, 0.3) is 5.91 Å². The van der Waals surface area contributed by atoms with Gasteiger partial charge in [0.15, 0.2) is 0 Å². The second-order valence-electron chi connectivity index (χ2n) is 6.33. The number of hydrogen-bond donors (Lipinski definition) is 2. The van der Waals surface area contributed by atoms with Gasteiger partial charge in [0.2, 0.25) is 10.0 Å². The number of aryl methyl sites for hydroxylation is 1. The van der Waals surface area contributed by atoms with Crippen molar-refractivity contribution in [1.29, 1.82) is 0 Å². The zero-order chi connectivity index (χ0) is 19.4. The van der Waals surface area contributed by atoms with Crippen molar-refractivity contribution in [3.8, 4) is 5.75 Å². The first-order chi connectivity index (χ1) is 12.9. The average molecular weight is 390 g/mol. The number of carbonyl (C=O) groups excluding carboxylic acids is 1. The molecule has 2 aromatic rings. The maximum absolute atomic E-state index is 12.9. The molecule has 27 heavy (non-hydrogen) atoms. The van der Waals surface area contributed by atoms with Crippen molar-refractivity contribution in [3.63, 3.8) is 0 Å². The van der Waals surface area contributed by atoms with Crippen molar-refractivity contribution in [3.05, 3.63) is 59.2 Å². The van der Waals surface area contributed by atoms with Crippen LogP contribution in [0.1, 0.15) is 21.5 Å². The summed E-state index contributed by atoms with van der Waals surface area (Å²) >= 11 is 0. The number of rotatable bonds is 5. The molecule has 1 aliphatic rings. The molecule has 0 aliphatic carbocycles. The molecule has 7 nitrogen and oxygen atoms in total. The van der Waals surface area contributed by atoms with E-state index in [1.54, 1.807) is 30.3 Å². The fraction of sp³-hybridized carbons (Fsp3) is 0.316. The average Bonchev–Trinajstić information content (AvgIpc) is 2.69. The molecule has 1 saturated heterocycles. The maximum Gasteiger partial charge on any atom is 0.255 e. The normalized spacial score (nSPS) is 15.4. The highest BCUT2D eigenvalue weighted by molar-refractivity contribution is 7.89. The van der Waals surface area contributed by atoms with E-state index in [9.17, 15) is 18.3 Å². The predicted molar refractivity (Wildman–Crippen MR) is 100 cm³/mol. The Labute approximate surface area is 158 Å². The van der Waals surface area contributed by atoms with Crippen LogP contribution in [0.5, 0.6) is 5.75 Å². The van der Waals surface area contributed by atoms with Crippen LogP contribution in [-0.2, 0) is 21.3 Å². The summed E-state index contributed by atoms with van der Waals surface area (Å²) in [6, 6.07) is 11.3. The molecule has 0 unspecified atom stereocenters. The van der Waals surface area contributed by atoms with Crippen molar-refractivity contribution in [1.82, 2.24) is 9.62 Å². The van der Waals surface area contributed by atoms with Crippen LogP contribution in [-0.4, -0.2) is 50.0 Å².